The molecule has 0 aliphatic carbocycles. The van der Waals surface area contributed by atoms with Crippen molar-refractivity contribution >= 4 is 17.2 Å². The highest BCUT2D eigenvalue weighted by Crippen LogP contribution is 2.24. The Balaban J connectivity index is 1.96. The van der Waals surface area contributed by atoms with Crippen LogP contribution in [0.15, 0.2) is 24.3 Å². The van der Waals surface area contributed by atoms with Crippen LogP contribution in [0.4, 0.5) is 8.78 Å². The largest absolute Gasteiger partial charge is 0.435 e. The van der Waals surface area contributed by atoms with Crippen LogP contribution in [0, 0.1) is 6.92 Å². The van der Waals surface area contributed by atoms with Crippen LogP contribution in [0.2, 0.25) is 0 Å². The number of ether oxygens (including phenoxy) is 1. The lowest BCUT2D eigenvalue weighted by molar-refractivity contribution is -0.0498. The van der Waals surface area contributed by atoms with Gasteiger partial charge >= 0.3 is 6.61 Å². The molecule has 0 fully saturated rings. The predicted octanol–water partition coefficient (Wildman–Crippen LogP) is 4.11. The molecule has 2 aromatic rings. The van der Waals surface area contributed by atoms with E-state index in [1.54, 1.807) is 12.1 Å². The van der Waals surface area contributed by atoms with Gasteiger partial charge < -0.3 is 10.1 Å². The third-order valence-corrected chi connectivity index (χ3v) is 4.57. The Kier molecular flexibility index (Phi) is 5.65. The highest BCUT2D eigenvalue weighted by molar-refractivity contribution is 7.13. The molecule has 0 radical (unpaired) electrons. The number of carbonyl (C=O) groups excluding carboxylic acids is 1. The zero-order chi connectivity index (χ0) is 17.0. The van der Waals surface area contributed by atoms with Crippen molar-refractivity contribution in [2.45, 2.75) is 39.8 Å². The van der Waals surface area contributed by atoms with Crippen molar-refractivity contribution in [2.75, 3.05) is 0 Å². The summed E-state index contributed by atoms with van der Waals surface area (Å²) in [6.45, 7) is 3.34. The van der Waals surface area contributed by atoms with Crippen molar-refractivity contribution in [2.24, 2.45) is 0 Å². The first-order chi connectivity index (χ1) is 10.9. The van der Waals surface area contributed by atoms with Crippen LogP contribution in [-0.4, -0.2) is 17.5 Å². The summed E-state index contributed by atoms with van der Waals surface area (Å²) in [6.07, 6.45) is 0. The first-order valence-electron chi connectivity index (χ1n) is 7.16. The molecule has 0 atom stereocenters. The maximum absolute atomic E-state index is 12.2. The molecule has 23 heavy (non-hydrogen) atoms. The lowest BCUT2D eigenvalue weighted by Gasteiger charge is -2.07. The monoisotopic (exact) mass is 340 g/mol. The van der Waals surface area contributed by atoms with E-state index in [4.69, 9.17) is 0 Å². The van der Waals surface area contributed by atoms with E-state index in [1.807, 2.05) is 20.8 Å². The Morgan fingerprint density at radius 1 is 1.30 bits per heavy atom. The van der Waals surface area contributed by atoms with Gasteiger partial charge in [0, 0.05) is 12.5 Å². The van der Waals surface area contributed by atoms with E-state index in [0.717, 1.165) is 16.3 Å². The maximum atomic E-state index is 12.2. The maximum Gasteiger partial charge on any atom is 0.387 e. The summed E-state index contributed by atoms with van der Waals surface area (Å²) in [4.78, 5) is 17.2. The van der Waals surface area contributed by atoms with Crippen LogP contribution in [0.3, 0.4) is 0 Å². The highest BCUT2D eigenvalue weighted by Gasteiger charge is 2.16. The summed E-state index contributed by atoms with van der Waals surface area (Å²) in [5.41, 5.74) is 1.52. The second-order valence-electron chi connectivity index (χ2n) is 5.33. The Bertz CT molecular complexity index is 669. The second kappa shape index (κ2) is 7.50. The summed E-state index contributed by atoms with van der Waals surface area (Å²) in [6, 6.07) is 6.17. The number of alkyl halides is 2. The van der Waals surface area contributed by atoms with Crippen LogP contribution in [-0.2, 0) is 6.54 Å². The predicted molar refractivity (Wildman–Crippen MR) is 85.2 cm³/mol. The van der Waals surface area contributed by atoms with Gasteiger partial charge in [0.15, 0.2) is 0 Å². The molecule has 1 heterocycles. The van der Waals surface area contributed by atoms with Gasteiger partial charge in [-0.25, -0.2) is 4.98 Å². The van der Waals surface area contributed by atoms with Crippen LogP contribution >= 0.6 is 11.3 Å². The second-order valence-corrected chi connectivity index (χ2v) is 6.36. The number of nitrogens with zero attached hydrogens (tertiary/aromatic N) is 1. The quantitative estimate of drug-likeness (QED) is 0.861. The number of aromatic nitrogens is 1. The van der Waals surface area contributed by atoms with Crippen molar-refractivity contribution in [1.82, 2.24) is 10.3 Å². The standard InChI is InChI=1S/C16H18F2N2O2S/c1-9(2)15-20-10(3)13(23-15)14(21)19-8-11-4-6-12(7-5-11)22-16(17)18/h4-7,9,16H,8H2,1-3H3,(H,19,21). The molecule has 7 heteroatoms. The SMILES string of the molecule is Cc1nc(C(C)C)sc1C(=O)NCc1ccc(OC(F)F)cc1. The molecule has 4 nitrogen and oxygen atoms in total. The highest BCUT2D eigenvalue weighted by atomic mass is 32.1. The average Bonchev–Trinajstić information content (AvgIpc) is 2.88. The smallest absolute Gasteiger partial charge is 0.387 e. The van der Waals surface area contributed by atoms with Crippen LogP contribution < -0.4 is 10.1 Å². The zero-order valence-corrected chi connectivity index (χ0v) is 13.9. The molecule has 0 bridgehead atoms. The molecule has 0 saturated heterocycles. The van der Waals surface area contributed by atoms with E-state index in [-0.39, 0.29) is 17.6 Å². The van der Waals surface area contributed by atoms with Crippen molar-refractivity contribution in [3.8, 4) is 5.75 Å². The van der Waals surface area contributed by atoms with Crippen molar-refractivity contribution in [3.63, 3.8) is 0 Å². The number of benzene rings is 1. The molecule has 0 aliphatic rings. The van der Waals surface area contributed by atoms with Crippen LogP contribution in [0.25, 0.3) is 0 Å². The molecular weight excluding hydrogens is 322 g/mol. The number of carbonyl (C=O) groups is 1. The number of hydrogen-bond donors (Lipinski definition) is 1. The van der Waals surface area contributed by atoms with E-state index in [1.165, 1.54) is 23.5 Å². The summed E-state index contributed by atoms with van der Waals surface area (Å²) < 4.78 is 28.4. The van der Waals surface area contributed by atoms with E-state index in [2.05, 4.69) is 15.0 Å². The fourth-order valence-electron chi connectivity index (χ4n) is 1.93. The number of rotatable bonds is 6. The molecule has 124 valence electrons. The number of thiazole rings is 1. The lowest BCUT2D eigenvalue weighted by atomic mass is 10.2. The number of halogens is 2. The van der Waals surface area contributed by atoms with Gasteiger partial charge in [-0.15, -0.1) is 11.3 Å². The Morgan fingerprint density at radius 3 is 2.48 bits per heavy atom. The minimum absolute atomic E-state index is 0.0925. The Hall–Kier alpha value is -2.02. The Labute approximate surface area is 137 Å². The van der Waals surface area contributed by atoms with Gasteiger partial charge in [-0.05, 0) is 24.6 Å². The minimum Gasteiger partial charge on any atom is -0.435 e. The van der Waals surface area contributed by atoms with Crippen molar-refractivity contribution in [1.29, 1.82) is 0 Å². The summed E-state index contributed by atoms with van der Waals surface area (Å²) in [5, 5.41) is 3.74. The molecule has 0 saturated carbocycles. The molecule has 1 aromatic carbocycles. The third-order valence-electron chi connectivity index (χ3n) is 3.11. The number of aryl methyl sites for hydroxylation is 1. The summed E-state index contributed by atoms with van der Waals surface area (Å²) >= 11 is 1.39. The van der Waals surface area contributed by atoms with Gasteiger partial charge in [0.1, 0.15) is 10.6 Å². The van der Waals surface area contributed by atoms with Gasteiger partial charge in [-0.2, -0.15) is 8.78 Å². The normalized spacial score (nSPS) is 11.1. The first-order valence-corrected chi connectivity index (χ1v) is 7.97. The van der Waals surface area contributed by atoms with Crippen LogP contribution in [0.1, 0.15) is 45.7 Å². The molecule has 1 amide bonds. The number of hydrogen-bond acceptors (Lipinski definition) is 4. The lowest BCUT2D eigenvalue weighted by Crippen LogP contribution is -2.22. The third kappa shape index (κ3) is 4.72. The molecular formula is C16H18F2N2O2S. The molecule has 1 aromatic heterocycles. The van der Waals surface area contributed by atoms with Gasteiger partial charge in [-0.3, -0.25) is 4.79 Å². The molecule has 0 unspecified atom stereocenters. The average molecular weight is 340 g/mol. The molecule has 1 N–H and O–H groups in total. The van der Waals surface area contributed by atoms with Gasteiger partial charge in [0.25, 0.3) is 5.91 Å². The topological polar surface area (TPSA) is 51.2 Å². The number of nitrogens with one attached hydrogen (secondary N) is 1. The van der Waals surface area contributed by atoms with Crippen LogP contribution in [0.5, 0.6) is 5.75 Å². The summed E-state index contributed by atoms with van der Waals surface area (Å²) in [5.74, 6) is 0.192. The van der Waals surface area contributed by atoms with Gasteiger partial charge in [-0.1, -0.05) is 26.0 Å². The fourth-order valence-corrected chi connectivity index (χ4v) is 2.91. The van der Waals surface area contributed by atoms with Gasteiger partial charge in [0.05, 0.1) is 10.7 Å². The van der Waals surface area contributed by atoms with Crippen molar-refractivity contribution in [3.05, 3.63) is 45.4 Å². The molecule has 2 rings (SSSR count). The van der Waals surface area contributed by atoms with E-state index >= 15 is 0 Å². The van der Waals surface area contributed by atoms with E-state index in [9.17, 15) is 13.6 Å². The van der Waals surface area contributed by atoms with E-state index in [0.29, 0.717) is 11.4 Å². The first kappa shape index (κ1) is 17.3. The van der Waals surface area contributed by atoms with Crippen molar-refractivity contribution < 1.29 is 18.3 Å². The molecule has 0 aliphatic heterocycles. The fraction of sp³-hybridized carbons (Fsp3) is 0.375. The summed E-state index contributed by atoms with van der Waals surface area (Å²) in [7, 11) is 0. The molecule has 0 spiro atoms. The van der Waals surface area contributed by atoms with Gasteiger partial charge in [0.2, 0.25) is 0 Å². The van der Waals surface area contributed by atoms with E-state index < -0.39 is 6.61 Å². The Morgan fingerprint density at radius 2 is 1.96 bits per heavy atom. The minimum atomic E-state index is -2.84. The number of amides is 1. The zero-order valence-electron chi connectivity index (χ0n) is 13.1.